The molecule has 1 amide bonds. The molecule has 2 N–H and O–H groups in total. The van der Waals surface area contributed by atoms with E-state index in [1.165, 1.54) is 6.07 Å². The number of aliphatic carboxylic acids is 1. The summed E-state index contributed by atoms with van der Waals surface area (Å²) >= 11 is 0. The van der Waals surface area contributed by atoms with Crippen LogP contribution in [0.1, 0.15) is 31.2 Å². The Morgan fingerprint density at radius 3 is 2.48 bits per heavy atom. The topological polar surface area (TPSA) is 66.4 Å². The summed E-state index contributed by atoms with van der Waals surface area (Å²) in [5.74, 6) is -3.13. The minimum atomic E-state index is -0.985. The minimum Gasteiger partial charge on any atom is -0.481 e. The van der Waals surface area contributed by atoms with Crippen LogP contribution in [0.4, 0.5) is 8.78 Å². The van der Waals surface area contributed by atoms with Crippen LogP contribution in [0, 0.1) is 17.0 Å². The Labute approximate surface area is 121 Å². The third-order valence-electron chi connectivity index (χ3n) is 3.95. The zero-order valence-electron chi connectivity index (χ0n) is 11.5. The van der Waals surface area contributed by atoms with Crippen LogP contribution in [-0.4, -0.2) is 23.5 Å². The van der Waals surface area contributed by atoms with Gasteiger partial charge in [0.15, 0.2) is 11.6 Å². The lowest BCUT2D eigenvalue weighted by Gasteiger charge is -2.40. The predicted molar refractivity (Wildman–Crippen MR) is 71.6 cm³/mol. The van der Waals surface area contributed by atoms with Crippen LogP contribution in [0.3, 0.4) is 0 Å². The molecule has 0 radical (unpaired) electrons. The molecular weight excluding hydrogens is 280 g/mol. The van der Waals surface area contributed by atoms with Crippen LogP contribution >= 0.6 is 0 Å². The largest absolute Gasteiger partial charge is 0.481 e. The van der Waals surface area contributed by atoms with Gasteiger partial charge in [-0.3, -0.25) is 9.59 Å². The van der Waals surface area contributed by atoms with E-state index in [0.717, 1.165) is 31.4 Å². The highest BCUT2D eigenvalue weighted by Crippen LogP contribution is 2.43. The van der Waals surface area contributed by atoms with Crippen molar-refractivity contribution in [1.82, 2.24) is 5.32 Å². The van der Waals surface area contributed by atoms with E-state index in [4.69, 9.17) is 5.11 Å². The van der Waals surface area contributed by atoms with E-state index in [-0.39, 0.29) is 24.2 Å². The summed E-state index contributed by atoms with van der Waals surface area (Å²) in [6.45, 7) is 0.307. The van der Waals surface area contributed by atoms with Gasteiger partial charge in [0, 0.05) is 6.54 Å². The SMILES string of the molecule is O=C(O)CC1(CNC(=O)Cc2ccc(F)c(F)c2)CCC1. The maximum atomic E-state index is 13.0. The lowest BCUT2D eigenvalue weighted by molar-refractivity contribution is -0.141. The molecule has 21 heavy (non-hydrogen) atoms. The molecule has 0 bridgehead atoms. The molecule has 1 fully saturated rings. The molecule has 0 aromatic heterocycles. The highest BCUT2D eigenvalue weighted by atomic mass is 19.2. The molecule has 114 valence electrons. The molecule has 6 heteroatoms. The highest BCUT2D eigenvalue weighted by Gasteiger charge is 2.39. The number of rotatable bonds is 6. The molecule has 1 aliphatic carbocycles. The van der Waals surface area contributed by atoms with Crippen LogP contribution in [0.2, 0.25) is 0 Å². The summed E-state index contributed by atoms with van der Waals surface area (Å²) < 4.78 is 25.8. The number of hydrogen-bond donors (Lipinski definition) is 2. The Bertz CT molecular complexity index is 556. The number of carbonyl (C=O) groups is 2. The summed E-state index contributed by atoms with van der Waals surface area (Å²) in [6.07, 6.45) is 2.51. The van der Waals surface area contributed by atoms with Crippen molar-refractivity contribution in [3.05, 3.63) is 35.4 Å². The van der Waals surface area contributed by atoms with Crippen molar-refractivity contribution < 1.29 is 23.5 Å². The van der Waals surface area contributed by atoms with Gasteiger partial charge in [-0.15, -0.1) is 0 Å². The van der Waals surface area contributed by atoms with Gasteiger partial charge in [-0.05, 0) is 36.0 Å². The van der Waals surface area contributed by atoms with Crippen molar-refractivity contribution in [3.63, 3.8) is 0 Å². The molecule has 1 saturated carbocycles. The predicted octanol–water partition coefficient (Wildman–Crippen LogP) is 2.27. The zero-order valence-corrected chi connectivity index (χ0v) is 11.5. The molecule has 1 aliphatic rings. The van der Waals surface area contributed by atoms with Gasteiger partial charge >= 0.3 is 5.97 Å². The third-order valence-corrected chi connectivity index (χ3v) is 3.95. The number of carboxylic acid groups (broad SMARTS) is 1. The first kappa shape index (κ1) is 15.4. The van der Waals surface area contributed by atoms with E-state index in [0.29, 0.717) is 12.1 Å². The van der Waals surface area contributed by atoms with Crippen molar-refractivity contribution in [2.45, 2.75) is 32.1 Å². The van der Waals surface area contributed by atoms with Crippen LogP contribution in [0.25, 0.3) is 0 Å². The van der Waals surface area contributed by atoms with Crippen molar-refractivity contribution in [2.24, 2.45) is 5.41 Å². The first-order valence-electron chi connectivity index (χ1n) is 6.83. The second kappa shape index (κ2) is 6.20. The van der Waals surface area contributed by atoms with E-state index in [1.54, 1.807) is 0 Å². The molecule has 0 unspecified atom stereocenters. The van der Waals surface area contributed by atoms with Crippen molar-refractivity contribution >= 4 is 11.9 Å². The molecule has 1 aromatic carbocycles. The number of carboxylic acids is 1. The summed E-state index contributed by atoms with van der Waals surface area (Å²) in [5, 5.41) is 11.6. The maximum absolute atomic E-state index is 13.0. The lowest BCUT2D eigenvalue weighted by Crippen LogP contribution is -2.43. The average molecular weight is 297 g/mol. The Kier molecular flexibility index (Phi) is 4.55. The zero-order chi connectivity index (χ0) is 15.5. The molecule has 0 atom stereocenters. The molecule has 0 aliphatic heterocycles. The van der Waals surface area contributed by atoms with Gasteiger partial charge in [-0.25, -0.2) is 8.78 Å². The van der Waals surface area contributed by atoms with Crippen molar-refractivity contribution in [1.29, 1.82) is 0 Å². The number of hydrogen-bond acceptors (Lipinski definition) is 2. The van der Waals surface area contributed by atoms with Crippen LogP contribution < -0.4 is 5.32 Å². The van der Waals surface area contributed by atoms with E-state index in [1.807, 2.05) is 0 Å². The molecule has 2 rings (SSSR count). The number of halogens is 2. The van der Waals surface area contributed by atoms with E-state index in [2.05, 4.69) is 5.32 Å². The first-order valence-corrected chi connectivity index (χ1v) is 6.83. The van der Waals surface area contributed by atoms with Gasteiger partial charge in [0.1, 0.15) is 0 Å². The summed E-state index contributed by atoms with van der Waals surface area (Å²) in [7, 11) is 0. The van der Waals surface area contributed by atoms with Crippen molar-refractivity contribution in [3.8, 4) is 0 Å². The molecule has 0 heterocycles. The highest BCUT2D eigenvalue weighted by molar-refractivity contribution is 5.78. The minimum absolute atomic E-state index is 0.0401. The molecule has 1 aromatic rings. The summed E-state index contributed by atoms with van der Waals surface area (Å²) in [6, 6.07) is 3.33. The lowest BCUT2D eigenvalue weighted by atomic mass is 9.66. The average Bonchev–Trinajstić information content (AvgIpc) is 2.36. The second-order valence-corrected chi connectivity index (χ2v) is 5.63. The molecular formula is C15H17F2NO3. The van der Waals surface area contributed by atoms with Gasteiger partial charge in [0.05, 0.1) is 12.8 Å². The standard InChI is InChI=1S/C15H17F2NO3/c16-11-3-2-10(6-12(11)17)7-13(19)18-9-15(4-1-5-15)8-14(20)21/h2-3,6H,1,4-5,7-9H2,(H,18,19)(H,20,21). The Hall–Kier alpha value is -1.98. The van der Waals surface area contributed by atoms with Crippen molar-refractivity contribution in [2.75, 3.05) is 6.54 Å². The van der Waals surface area contributed by atoms with Crippen LogP contribution in [0.15, 0.2) is 18.2 Å². The third kappa shape index (κ3) is 4.00. The van der Waals surface area contributed by atoms with Gasteiger partial charge in [0.25, 0.3) is 0 Å². The number of nitrogens with one attached hydrogen (secondary N) is 1. The van der Waals surface area contributed by atoms with Gasteiger partial charge in [-0.1, -0.05) is 12.5 Å². The van der Waals surface area contributed by atoms with Crippen LogP contribution in [0.5, 0.6) is 0 Å². The Morgan fingerprint density at radius 2 is 1.95 bits per heavy atom. The molecule has 0 saturated heterocycles. The fraction of sp³-hybridized carbons (Fsp3) is 0.467. The normalized spacial score (nSPS) is 16.1. The second-order valence-electron chi connectivity index (χ2n) is 5.63. The summed E-state index contributed by atoms with van der Waals surface area (Å²) in [5.41, 5.74) is 0.0301. The van der Waals surface area contributed by atoms with E-state index >= 15 is 0 Å². The van der Waals surface area contributed by atoms with Crippen LogP contribution in [-0.2, 0) is 16.0 Å². The molecule has 4 nitrogen and oxygen atoms in total. The smallest absolute Gasteiger partial charge is 0.303 e. The maximum Gasteiger partial charge on any atom is 0.303 e. The first-order chi connectivity index (χ1) is 9.90. The Balaban J connectivity index is 1.87. The fourth-order valence-corrected chi connectivity index (χ4v) is 2.60. The van der Waals surface area contributed by atoms with Gasteiger partial charge in [0.2, 0.25) is 5.91 Å². The fourth-order valence-electron chi connectivity index (χ4n) is 2.60. The van der Waals surface area contributed by atoms with Gasteiger partial charge < -0.3 is 10.4 Å². The number of benzene rings is 1. The van der Waals surface area contributed by atoms with Gasteiger partial charge in [-0.2, -0.15) is 0 Å². The number of amides is 1. The number of carbonyl (C=O) groups excluding carboxylic acids is 1. The summed E-state index contributed by atoms with van der Waals surface area (Å²) in [4.78, 5) is 22.6. The monoisotopic (exact) mass is 297 g/mol. The Morgan fingerprint density at radius 1 is 1.24 bits per heavy atom. The van der Waals surface area contributed by atoms with E-state index < -0.39 is 17.6 Å². The quantitative estimate of drug-likeness (QED) is 0.846. The molecule has 0 spiro atoms. The van der Waals surface area contributed by atoms with E-state index in [9.17, 15) is 18.4 Å².